The Bertz CT molecular complexity index is 474. The first-order valence-corrected chi connectivity index (χ1v) is 5.83. The average Bonchev–Trinajstić information content (AvgIpc) is 2.73. The molecule has 2 heterocycles. The second-order valence-corrected chi connectivity index (χ2v) is 5.55. The molecule has 0 bridgehead atoms. The minimum atomic E-state index is -0.534. The van der Waals surface area contributed by atoms with Gasteiger partial charge in [0.15, 0.2) is 0 Å². The molecule has 1 fully saturated rings. The van der Waals surface area contributed by atoms with Gasteiger partial charge in [0.2, 0.25) is 5.91 Å². The molecule has 0 unspecified atom stereocenters. The quantitative estimate of drug-likeness (QED) is 0.669. The topological polar surface area (TPSA) is 41.1 Å². The number of carbonyl (C=O) groups excluding carboxylic acids is 1. The van der Waals surface area contributed by atoms with Crippen LogP contribution in [0, 0.1) is 0 Å². The highest BCUT2D eigenvalue weighted by molar-refractivity contribution is 8.24. The molecule has 2 aliphatic rings. The van der Waals surface area contributed by atoms with E-state index in [2.05, 4.69) is 10.6 Å². The number of benzene rings is 1. The number of amides is 1. The van der Waals surface area contributed by atoms with Crippen molar-refractivity contribution in [1.82, 2.24) is 5.32 Å². The summed E-state index contributed by atoms with van der Waals surface area (Å²) in [5.74, 6) is 0.0288. The molecule has 0 saturated carbocycles. The molecule has 1 amide bonds. The second-order valence-electron chi connectivity index (χ2n) is 3.57. The van der Waals surface area contributed by atoms with Gasteiger partial charge in [0, 0.05) is 17.8 Å². The van der Waals surface area contributed by atoms with Crippen LogP contribution in [0.2, 0.25) is 0 Å². The predicted octanol–water partition coefficient (Wildman–Crippen LogP) is 1.46. The molecule has 1 saturated heterocycles. The number of anilines is 1. The van der Waals surface area contributed by atoms with Gasteiger partial charge in [-0.3, -0.25) is 4.79 Å². The summed E-state index contributed by atoms with van der Waals surface area (Å²) in [6.07, 6.45) is 0. The number of rotatable bonds is 0. The van der Waals surface area contributed by atoms with E-state index in [0.29, 0.717) is 10.9 Å². The van der Waals surface area contributed by atoms with Gasteiger partial charge in [-0.1, -0.05) is 42.2 Å². The number of thioether (sulfide) groups is 1. The van der Waals surface area contributed by atoms with Crippen LogP contribution in [0.3, 0.4) is 0 Å². The van der Waals surface area contributed by atoms with E-state index in [0.717, 1.165) is 11.3 Å². The lowest BCUT2D eigenvalue weighted by atomic mass is 10.00. The van der Waals surface area contributed by atoms with Crippen molar-refractivity contribution in [3.63, 3.8) is 0 Å². The maximum Gasteiger partial charge on any atom is 0.247 e. The molecular weight excluding hydrogens is 228 g/mol. The summed E-state index contributed by atoms with van der Waals surface area (Å²) in [6, 6.07) is 7.77. The molecule has 3 nitrogen and oxygen atoms in total. The standard InChI is InChI=1S/C10H8N2OS2/c13-8-10(5-11-9(14)15-10)6-3-1-2-4-7(6)12-8/h1-4H,5H2,(H,11,14)(H,12,13)/t10-/m1/s1. The van der Waals surface area contributed by atoms with Gasteiger partial charge in [-0.15, -0.1) is 0 Å². The minimum absolute atomic E-state index is 0.0288. The molecule has 0 aromatic heterocycles. The number of fused-ring (bicyclic) bond motifs is 2. The fourth-order valence-corrected chi connectivity index (χ4v) is 3.53. The van der Waals surface area contributed by atoms with Gasteiger partial charge < -0.3 is 10.6 Å². The molecule has 2 aliphatic heterocycles. The van der Waals surface area contributed by atoms with Crippen LogP contribution in [-0.2, 0) is 9.54 Å². The summed E-state index contributed by atoms with van der Waals surface area (Å²) in [4.78, 5) is 12.0. The second kappa shape index (κ2) is 2.96. The summed E-state index contributed by atoms with van der Waals surface area (Å²) in [6.45, 7) is 0.583. The third kappa shape index (κ3) is 1.13. The van der Waals surface area contributed by atoms with Crippen LogP contribution in [0.5, 0.6) is 0 Å². The smallest absolute Gasteiger partial charge is 0.247 e. The van der Waals surface area contributed by atoms with Crippen LogP contribution in [-0.4, -0.2) is 16.8 Å². The predicted molar refractivity (Wildman–Crippen MR) is 64.9 cm³/mol. The number of hydrogen-bond donors (Lipinski definition) is 2. The van der Waals surface area contributed by atoms with Crippen molar-refractivity contribution in [2.75, 3.05) is 11.9 Å². The van der Waals surface area contributed by atoms with Crippen LogP contribution in [0.15, 0.2) is 24.3 Å². The van der Waals surface area contributed by atoms with Gasteiger partial charge in [0.25, 0.3) is 0 Å². The molecule has 1 atom stereocenters. The van der Waals surface area contributed by atoms with E-state index < -0.39 is 4.75 Å². The Balaban J connectivity index is 2.17. The molecule has 15 heavy (non-hydrogen) atoms. The Morgan fingerprint density at radius 1 is 1.40 bits per heavy atom. The van der Waals surface area contributed by atoms with Crippen LogP contribution in [0.25, 0.3) is 0 Å². The van der Waals surface area contributed by atoms with Crippen LogP contribution in [0.4, 0.5) is 5.69 Å². The summed E-state index contributed by atoms with van der Waals surface area (Å²) in [7, 11) is 0. The summed E-state index contributed by atoms with van der Waals surface area (Å²) in [5, 5.41) is 5.95. The zero-order chi connectivity index (χ0) is 10.5. The lowest BCUT2D eigenvalue weighted by Crippen LogP contribution is -2.34. The van der Waals surface area contributed by atoms with Crippen LogP contribution < -0.4 is 10.6 Å². The molecule has 3 rings (SSSR count). The number of thiocarbonyl (C=S) groups is 1. The van der Waals surface area contributed by atoms with Crippen molar-refractivity contribution in [2.45, 2.75) is 4.75 Å². The summed E-state index contributed by atoms with van der Waals surface area (Å²) >= 11 is 6.52. The Kier molecular flexibility index (Phi) is 1.81. The van der Waals surface area contributed by atoms with E-state index in [1.807, 2.05) is 24.3 Å². The van der Waals surface area contributed by atoms with Gasteiger partial charge in [0.1, 0.15) is 9.07 Å². The highest BCUT2D eigenvalue weighted by atomic mass is 32.2. The zero-order valence-electron chi connectivity index (χ0n) is 7.74. The SMILES string of the molecule is O=C1Nc2ccccc2[C@]12CNC(=S)S2. The summed E-state index contributed by atoms with van der Waals surface area (Å²) in [5.41, 5.74) is 1.94. The monoisotopic (exact) mass is 236 g/mol. The minimum Gasteiger partial charge on any atom is -0.369 e. The van der Waals surface area contributed by atoms with Crippen molar-refractivity contribution >= 4 is 39.9 Å². The number of para-hydroxylation sites is 1. The molecular formula is C10H8N2OS2. The average molecular weight is 236 g/mol. The number of nitrogens with one attached hydrogen (secondary N) is 2. The first-order valence-electron chi connectivity index (χ1n) is 4.60. The first kappa shape index (κ1) is 9.18. The van der Waals surface area contributed by atoms with E-state index in [4.69, 9.17) is 12.2 Å². The van der Waals surface area contributed by atoms with Gasteiger partial charge in [0.05, 0.1) is 0 Å². The van der Waals surface area contributed by atoms with E-state index >= 15 is 0 Å². The van der Waals surface area contributed by atoms with E-state index in [1.54, 1.807) is 0 Å². The third-order valence-corrected chi connectivity index (χ3v) is 4.35. The fourth-order valence-electron chi connectivity index (χ4n) is 1.99. The van der Waals surface area contributed by atoms with Crippen molar-refractivity contribution in [3.05, 3.63) is 29.8 Å². The molecule has 1 spiro atoms. The molecule has 76 valence electrons. The maximum absolute atomic E-state index is 12.0. The molecule has 1 aromatic carbocycles. The Morgan fingerprint density at radius 3 is 2.93 bits per heavy atom. The lowest BCUT2D eigenvalue weighted by Gasteiger charge is -2.17. The van der Waals surface area contributed by atoms with Crippen molar-refractivity contribution in [2.24, 2.45) is 0 Å². The van der Waals surface area contributed by atoms with Gasteiger partial charge in [-0.2, -0.15) is 0 Å². The Morgan fingerprint density at radius 2 is 2.20 bits per heavy atom. The van der Waals surface area contributed by atoms with Crippen molar-refractivity contribution in [3.8, 4) is 0 Å². The number of hydrogen-bond acceptors (Lipinski definition) is 3. The third-order valence-electron chi connectivity index (χ3n) is 2.73. The van der Waals surface area contributed by atoms with E-state index in [9.17, 15) is 4.79 Å². The van der Waals surface area contributed by atoms with Crippen LogP contribution >= 0.6 is 24.0 Å². The van der Waals surface area contributed by atoms with Gasteiger partial charge in [-0.25, -0.2) is 0 Å². The molecule has 0 radical (unpaired) electrons. The molecule has 5 heteroatoms. The van der Waals surface area contributed by atoms with Crippen LogP contribution in [0.1, 0.15) is 5.56 Å². The molecule has 2 N–H and O–H groups in total. The maximum atomic E-state index is 12.0. The van der Waals surface area contributed by atoms with Gasteiger partial charge in [-0.05, 0) is 6.07 Å². The zero-order valence-corrected chi connectivity index (χ0v) is 9.37. The largest absolute Gasteiger partial charge is 0.369 e. The van der Waals surface area contributed by atoms with Crippen molar-refractivity contribution < 1.29 is 4.79 Å². The highest BCUT2D eigenvalue weighted by Gasteiger charge is 2.51. The van der Waals surface area contributed by atoms with E-state index in [-0.39, 0.29) is 5.91 Å². The van der Waals surface area contributed by atoms with E-state index in [1.165, 1.54) is 11.8 Å². The fraction of sp³-hybridized carbons (Fsp3) is 0.200. The first-order chi connectivity index (χ1) is 7.22. The normalized spacial score (nSPS) is 27.7. The highest BCUT2D eigenvalue weighted by Crippen LogP contribution is 2.48. The molecule has 1 aromatic rings. The van der Waals surface area contributed by atoms with Crippen molar-refractivity contribution in [1.29, 1.82) is 0 Å². The van der Waals surface area contributed by atoms with Gasteiger partial charge >= 0.3 is 0 Å². The molecule has 0 aliphatic carbocycles. The summed E-state index contributed by atoms with van der Waals surface area (Å²) < 4.78 is 0.162. The Hall–Kier alpha value is -1.07. The lowest BCUT2D eigenvalue weighted by molar-refractivity contribution is -0.117. The number of carbonyl (C=O) groups is 1. The Labute approximate surface area is 96.6 Å².